The maximum atomic E-state index is 13.3. The van der Waals surface area contributed by atoms with Gasteiger partial charge in [-0.1, -0.05) is 60.7 Å². The summed E-state index contributed by atoms with van der Waals surface area (Å²) in [7, 11) is 1.72. The van der Waals surface area contributed by atoms with Gasteiger partial charge in [0.05, 0.1) is 7.11 Å². The Bertz CT molecular complexity index is 1180. The van der Waals surface area contributed by atoms with E-state index in [1.165, 1.54) is 11.1 Å². The first-order chi connectivity index (χ1) is 16.7. The molecule has 0 saturated carbocycles. The molecule has 0 N–H and O–H groups in total. The minimum absolute atomic E-state index is 0.0470. The summed E-state index contributed by atoms with van der Waals surface area (Å²) >= 11 is 0. The second-order valence-corrected chi connectivity index (χ2v) is 8.94. The van der Waals surface area contributed by atoms with Crippen molar-refractivity contribution in [3.63, 3.8) is 0 Å². The van der Waals surface area contributed by atoms with Gasteiger partial charge in [-0.2, -0.15) is 0 Å². The van der Waals surface area contributed by atoms with Crippen molar-refractivity contribution in [2.24, 2.45) is 5.92 Å². The van der Waals surface area contributed by atoms with Crippen molar-refractivity contribution < 1.29 is 9.53 Å². The molecule has 1 saturated heterocycles. The molecular formula is C30H30N2O2. The van der Waals surface area contributed by atoms with Gasteiger partial charge in [0.25, 0.3) is 0 Å². The monoisotopic (exact) mass is 450 g/mol. The molecule has 2 heterocycles. The van der Waals surface area contributed by atoms with Gasteiger partial charge in [0, 0.05) is 61.5 Å². The Hall–Kier alpha value is -3.63. The predicted octanol–water partition coefficient (Wildman–Crippen LogP) is 5.71. The van der Waals surface area contributed by atoms with Crippen molar-refractivity contribution in [3.8, 4) is 11.4 Å². The normalized spacial score (nSPS) is 16.6. The fourth-order valence-corrected chi connectivity index (χ4v) is 5.13. The average molecular weight is 451 g/mol. The van der Waals surface area contributed by atoms with Crippen LogP contribution in [0.2, 0.25) is 0 Å². The number of methoxy groups -OCH3 is 1. The van der Waals surface area contributed by atoms with Gasteiger partial charge < -0.3 is 9.30 Å². The van der Waals surface area contributed by atoms with E-state index >= 15 is 0 Å². The van der Waals surface area contributed by atoms with Gasteiger partial charge in [-0.05, 0) is 41.5 Å². The van der Waals surface area contributed by atoms with E-state index in [2.05, 4.69) is 70.1 Å². The van der Waals surface area contributed by atoms with Gasteiger partial charge in [-0.3, -0.25) is 9.69 Å². The Morgan fingerprint density at radius 3 is 2.15 bits per heavy atom. The first-order valence-corrected chi connectivity index (χ1v) is 11.9. The Balaban J connectivity index is 1.44. The number of carbonyl (C=O) groups is 1. The number of hydrogen-bond acceptors (Lipinski definition) is 3. The fraction of sp³-hybridized carbons (Fsp3) is 0.233. The van der Waals surface area contributed by atoms with Crippen LogP contribution in [0.25, 0.3) is 5.69 Å². The molecule has 0 amide bonds. The van der Waals surface area contributed by atoms with Crippen LogP contribution < -0.4 is 4.74 Å². The van der Waals surface area contributed by atoms with Crippen molar-refractivity contribution in [2.45, 2.75) is 18.9 Å². The zero-order chi connectivity index (χ0) is 23.3. The molecular weight excluding hydrogens is 420 g/mol. The molecule has 0 radical (unpaired) electrons. The summed E-state index contributed by atoms with van der Waals surface area (Å²) in [4.78, 5) is 15.7. The molecule has 1 unspecified atom stereocenters. The highest BCUT2D eigenvalue weighted by Crippen LogP contribution is 2.36. The third-order valence-electron chi connectivity index (χ3n) is 6.82. The molecule has 3 aromatic carbocycles. The van der Waals surface area contributed by atoms with E-state index in [1.807, 2.05) is 42.7 Å². The van der Waals surface area contributed by atoms with Crippen LogP contribution >= 0.6 is 0 Å². The minimum atomic E-state index is -0.0859. The number of Topliss-reactive ketones (excluding diaryl/α,β-unsaturated/α-hetero) is 1. The highest BCUT2D eigenvalue weighted by molar-refractivity contribution is 5.83. The number of likely N-dealkylation sites (tertiary alicyclic amines) is 1. The number of piperidine rings is 1. The second kappa shape index (κ2) is 10.1. The number of rotatable bonds is 7. The summed E-state index contributed by atoms with van der Waals surface area (Å²) in [6.07, 6.45) is 4.66. The number of hydrogen-bond donors (Lipinski definition) is 0. The molecule has 4 aromatic rings. The minimum Gasteiger partial charge on any atom is -0.496 e. The van der Waals surface area contributed by atoms with Gasteiger partial charge in [0.2, 0.25) is 0 Å². The molecule has 1 aliphatic heterocycles. The quantitative estimate of drug-likeness (QED) is 0.362. The predicted molar refractivity (Wildman–Crippen MR) is 135 cm³/mol. The summed E-state index contributed by atoms with van der Waals surface area (Å²) < 4.78 is 7.79. The largest absolute Gasteiger partial charge is 0.496 e. The van der Waals surface area contributed by atoms with Crippen molar-refractivity contribution in [1.82, 2.24) is 9.47 Å². The van der Waals surface area contributed by atoms with Crippen LogP contribution in [0.15, 0.2) is 103 Å². The summed E-state index contributed by atoms with van der Waals surface area (Å²) in [6, 6.07) is 31.3. The van der Waals surface area contributed by atoms with Crippen molar-refractivity contribution >= 4 is 5.78 Å². The van der Waals surface area contributed by atoms with E-state index in [0.29, 0.717) is 12.2 Å². The molecule has 0 aliphatic carbocycles. The lowest BCUT2D eigenvalue weighted by atomic mass is 9.76. The molecule has 1 aromatic heterocycles. The Morgan fingerprint density at radius 1 is 0.882 bits per heavy atom. The van der Waals surface area contributed by atoms with Gasteiger partial charge in [0.1, 0.15) is 11.5 Å². The van der Waals surface area contributed by atoms with Crippen molar-refractivity contribution in [2.75, 3.05) is 20.2 Å². The molecule has 1 fully saturated rings. The Kier molecular flexibility index (Phi) is 6.59. The number of benzene rings is 3. The van der Waals surface area contributed by atoms with Gasteiger partial charge >= 0.3 is 0 Å². The van der Waals surface area contributed by atoms with E-state index in [-0.39, 0.29) is 11.8 Å². The van der Waals surface area contributed by atoms with E-state index in [4.69, 9.17) is 4.74 Å². The van der Waals surface area contributed by atoms with Crippen LogP contribution in [0.4, 0.5) is 0 Å². The van der Waals surface area contributed by atoms with Gasteiger partial charge in [-0.15, -0.1) is 0 Å². The highest BCUT2D eigenvalue weighted by atomic mass is 16.5. The van der Waals surface area contributed by atoms with E-state index < -0.39 is 0 Å². The number of nitrogens with zero attached hydrogens (tertiary/aromatic N) is 2. The summed E-state index contributed by atoms with van der Waals surface area (Å²) in [6.45, 7) is 2.24. The molecule has 1 atom stereocenters. The highest BCUT2D eigenvalue weighted by Gasteiger charge is 2.35. The lowest BCUT2D eigenvalue weighted by Gasteiger charge is -2.36. The van der Waals surface area contributed by atoms with Crippen LogP contribution in [-0.2, 0) is 11.3 Å². The standard InChI is InChI=1S/C30H30N2O2/c1-34-29-15-14-26(32-17-8-9-18-32)20-25(29)21-31-19-16-28(33)27(22-31)30(23-10-4-2-5-11-23)24-12-6-3-7-13-24/h2-15,17-18,20,27,30H,16,19,21-22H2,1H3. The molecule has 4 nitrogen and oxygen atoms in total. The molecule has 0 spiro atoms. The topological polar surface area (TPSA) is 34.5 Å². The molecule has 0 bridgehead atoms. The zero-order valence-corrected chi connectivity index (χ0v) is 19.5. The summed E-state index contributed by atoms with van der Waals surface area (Å²) in [5.74, 6) is 1.19. The second-order valence-electron chi connectivity index (χ2n) is 8.94. The van der Waals surface area contributed by atoms with E-state index in [9.17, 15) is 4.79 Å². The Morgan fingerprint density at radius 2 is 1.53 bits per heavy atom. The van der Waals surface area contributed by atoms with Crippen LogP contribution in [0.3, 0.4) is 0 Å². The first kappa shape index (κ1) is 22.2. The van der Waals surface area contributed by atoms with E-state index in [1.54, 1.807) is 7.11 Å². The van der Waals surface area contributed by atoms with Crippen LogP contribution in [0.1, 0.15) is 29.0 Å². The SMILES string of the molecule is COc1ccc(-n2cccc2)cc1CN1CCC(=O)C(C(c2ccccc2)c2ccccc2)C1. The summed E-state index contributed by atoms with van der Waals surface area (Å²) in [5.41, 5.74) is 4.64. The molecule has 4 heteroatoms. The van der Waals surface area contributed by atoms with Crippen molar-refractivity contribution in [3.05, 3.63) is 120 Å². The van der Waals surface area contributed by atoms with Crippen LogP contribution in [-0.4, -0.2) is 35.4 Å². The molecule has 1 aliphatic rings. The van der Waals surface area contributed by atoms with Gasteiger partial charge in [0.15, 0.2) is 0 Å². The van der Waals surface area contributed by atoms with E-state index in [0.717, 1.165) is 36.6 Å². The summed E-state index contributed by atoms with van der Waals surface area (Å²) in [5, 5.41) is 0. The van der Waals surface area contributed by atoms with Crippen molar-refractivity contribution in [1.29, 1.82) is 0 Å². The Labute approximate surface area is 201 Å². The first-order valence-electron chi connectivity index (χ1n) is 11.9. The number of aromatic nitrogens is 1. The van der Waals surface area contributed by atoms with Crippen LogP contribution in [0, 0.1) is 5.92 Å². The average Bonchev–Trinajstić information content (AvgIpc) is 3.43. The maximum Gasteiger partial charge on any atom is 0.139 e. The third-order valence-corrected chi connectivity index (χ3v) is 6.82. The van der Waals surface area contributed by atoms with Gasteiger partial charge in [-0.25, -0.2) is 0 Å². The fourth-order valence-electron chi connectivity index (χ4n) is 5.13. The molecule has 172 valence electrons. The smallest absolute Gasteiger partial charge is 0.139 e. The van der Waals surface area contributed by atoms with Crippen LogP contribution in [0.5, 0.6) is 5.75 Å². The lowest BCUT2D eigenvalue weighted by Crippen LogP contribution is -2.43. The molecule has 5 rings (SSSR count). The lowest BCUT2D eigenvalue weighted by molar-refractivity contribution is -0.126. The number of ether oxygens (including phenoxy) is 1. The molecule has 34 heavy (non-hydrogen) atoms. The number of carbonyl (C=O) groups excluding carboxylic acids is 1. The zero-order valence-electron chi connectivity index (χ0n) is 19.5. The maximum absolute atomic E-state index is 13.3. The third kappa shape index (κ3) is 4.68. The number of ketones is 1.